The maximum absolute atomic E-state index is 2.63. The van der Waals surface area contributed by atoms with Gasteiger partial charge in [-0.25, -0.2) is 0 Å². The SMILES string of the molecule is CC1CCCC(N(C)CC2CC2)C1. The Balaban J connectivity index is 1.76. The van der Waals surface area contributed by atoms with E-state index in [0.29, 0.717) is 0 Å². The maximum Gasteiger partial charge on any atom is 0.00948 e. The summed E-state index contributed by atoms with van der Waals surface area (Å²) in [4.78, 5) is 2.63. The van der Waals surface area contributed by atoms with Gasteiger partial charge in [0.15, 0.2) is 0 Å². The van der Waals surface area contributed by atoms with Gasteiger partial charge in [0.25, 0.3) is 0 Å². The van der Waals surface area contributed by atoms with Gasteiger partial charge in [0, 0.05) is 12.6 Å². The van der Waals surface area contributed by atoms with E-state index in [-0.39, 0.29) is 0 Å². The lowest BCUT2D eigenvalue weighted by molar-refractivity contribution is 0.159. The molecule has 0 saturated heterocycles. The van der Waals surface area contributed by atoms with Gasteiger partial charge in [-0.05, 0) is 44.6 Å². The summed E-state index contributed by atoms with van der Waals surface area (Å²) in [5.41, 5.74) is 0. The third-order valence-electron chi connectivity index (χ3n) is 3.78. The quantitative estimate of drug-likeness (QED) is 0.647. The molecule has 2 aliphatic carbocycles. The highest BCUT2D eigenvalue weighted by atomic mass is 15.1. The van der Waals surface area contributed by atoms with Gasteiger partial charge in [-0.1, -0.05) is 19.8 Å². The molecule has 2 fully saturated rings. The van der Waals surface area contributed by atoms with Gasteiger partial charge < -0.3 is 4.90 Å². The molecule has 0 spiro atoms. The molecule has 2 aliphatic rings. The highest BCUT2D eigenvalue weighted by Crippen LogP contribution is 2.32. The smallest absolute Gasteiger partial charge is 0.00948 e. The second-order valence-electron chi connectivity index (χ2n) is 5.31. The van der Waals surface area contributed by atoms with Crippen molar-refractivity contribution in [2.75, 3.05) is 13.6 Å². The minimum Gasteiger partial charge on any atom is -0.303 e. The molecular weight excluding hydrogens is 158 g/mol. The molecule has 0 aliphatic heterocycles. The third kappa shape index (κ3) is 2.70. The summed E-state index contributed by atoms with van der Waals surface area (Å²) in [7, 11) is 2.33. The highest BCUT2D eigenvalue weighted by Gasteiger charge is 2.28. The van der Waals surface area contributed by atoms with Crippen molar-refractivity contribution in [2.45, 2.75) is 51.5 Å². The first-order valence-electron chi connectivity index (χ1n) is 5.96. The van der Waals surface area contributed by atoms with Crippen molar-refractivity contribution in [3.8, 4) is 0 Å². The molecule has 0 aromatic carbocycles. The monoisotopic (exact) mass is 181 g/mol. The van der Waals surface area contributed by atoms with Crippen LogP contribution in [0.3, 0.4) is 0 Å². The summed E-state index contributed by atoms with van der Waals surface area (Å²) < 4.78 is 0. The van der Waals surface area contributed by atoms with Crippen molar-refractivity contribution in [2.24, 2.45) is 11.8 Å². The predicted octanol–water partition coefficient (Wildman–Crippen LogP) is 2.91. The van der Waals surface area contributed by atoms with Crippen LogP contribution in [0.5, 0.6) is 0 Å². The lowest BCUT2D eigenvalue weighted by Gasteiger charge is -2.34. The highest BCUT2D eigenvalue weighted by molar-refractivity contribution is 4.82. The van der Waals surface area contributed by atoms with Crippen LogP contribution < -0.4 is 0 Å². The van der Waals surface area contributed by atoms with E-state index in [4.69, 9.17) is 0 Å². The van der Waals surface area contributed by atoms with Gasteiger partial charge >= 0.3 is 0 Å². The molecule has 0 aromatic heterocycles. The molecule has 0 N–H and O–H groups in total. The Bertz CT molecular complexity index is 163. The molecule has 0 aromatic rings. The lowest BCUT2D eigenvalue weighted by Crippen LogP contribution is -2.36. The maximum atomic E-state index is 2.63. The molecule has 1 nitrogen and oxygen atoms in total. The van der Waals surface area contributed by atoms with Crippen molar-refractivity contribution in [3.05, 3.63) is 0 Å². The number of hydrogen-bond acceptors (Lipinski definition) is 1. The van der Waals surface area contributed by atoms with Crippen LogP contribution in [0.1, 0.15) is 45.4 Å². The van der Waals surface area contributed by atoms with Crippen LogP contribution in [0.4, 0.5) is 0 Å². The van der Waals surface area contributed by atoms with E-state index < -0.39 is 0 Å². The summed E-state index contributed by atoms with van der Waals surface area (Å²) in [5.74, 6) is 2.03. The summed E-state index contributed by atoms with van der Waals surface area (Å²) in [6, 6.07) is 0.907. The van der Waals surface area contributed by atoms with Gasteiger partial charge in [-0.2, -0.15) is 0 Å². The van der Waals surface area contributed by atoms with Crippen LogP contribution in [0.15, 0.2) is 0 Å². The van der Waals surface area contributed by atoms with E-state index in [1.165, 1.54) is 45.1 Å². The standard InChI is InChI=1S/C12H23N/c1-10-4-3-5-12(8-10)13(2)9-11-6-7-11/h10-12H,3-9H2,1-2H3. The Kier molecular flexibility index (Phi) is 2.92. The number of nitrogens with zero attached hydrogens (tertiary/aromatic N) is 1. The van der Waals surface area contributed by atoms with Crippen LogP contribution in [0.2, 0.25) is 0 Å². The van der Waals surface area contributed by atoms with Crippen LogP contribution in [-0.2, 0) is 0 Å². The lowest BCUT2D eigenvalue weighted by atomic mass is 9.86. The molecule has 1 heteroatoms. The van der Waals surface area contributed by atoms with Crippen molar-refractivity contribution in [3.63, 3.8) is 0 Å². The normalized spacial score (nSPS) is 35.3. The Labute approximate surface area is 82.5 Å². The molecule has 76 valence electrons. The third-order valence-corrected chi connectivity index (χ3v) is 3.78. The predicted molar refractivity (Wildman–Crippen MR) is 56.8 cm³/mol. The zero-order valence-electron chi connectivity index (χ0n) is 9.13. The Morgan fingerprint density at radius 2 is 1.92 bits per heavy atom. The molecule has 0 bridgehead atoms. The first kappa shape index (κ1) is 9.51. The summed E-state index contributed by atoms with van der Waals surface area (Å²) in [5, 5.41) is 0. The zero-order chi connectivity index (χ0) is 9.26. The Hall–Kier alpha value is -0.0400. The van der Waals surface area contributed by atoms with Crippen molar-refractivity contribution in [1.82, 2.24) is 4.90 Å². The van der Waals surface area contributed by atoms with E-state index in [1.54, 1.807) is 0 Å². The molecule has 2 saturated carbocycles. The van der Waals surface area contributed by atoms with Crippen LogP contribution >= 0.6 is 0 Å². The van der Waals surface area contributed by atoms with Crippen molar-refractivity contribution < 1.29 is 0 Å². The average molecular weight is 181 g/mol. The molecule has 2 unspecified atom stereocenters. The van der Waals surface area contributed by atoms with Crippen LogP contribution in [-0.4, -0.2) is 24.5 Å². The van der Waals surface area contributed by atoms with Crippen molar-refractivity contribution >= 4 is 0 Å². The number of hydrogen-bond donors (Lipinski definition) is 0. The molecule has 2 atom stereocenters. The second-order valence-corrected chi connectivity index (χ2v) is 5.31. The van der Waals surface area contributed by atoms with E-state index in [0.717, 1.165) is 17.9 Å². The molecule has 2 rings (SSSR count). The van der Waals surface area contributed by atoms with Gasteiger partial charge in [0.1, 0.15) is 0 Å². The first-order valence-corrected chi connectivity index (χ1v) is 5.96. The average Bonchev–Trinajstić information content (AvgIpc) is 2.88. The van der Waals surface area contributed by atoms with E-state index in [2.05, 4.69) is 18.9 Å². The van der Waals surface area contributed by atoms with E-state index in [9.17, 15) is 0 Å². The van der Waals surface area contributed by atoms with E-state index in [1.807, 2.05) is 0 Å². The zero-order valence-corrected chi connectivity index (χ0v) is 9.13. The summed E-state index contributed by atoms with van der Waals surface area (Å²) in [6.45, 7) is 3.79. The van der Waals surface area contributed by atoms with E-state index >= 15 is 0 Å². The first-order chi connectivity index (χ1) is 6.25. The van der Waals surface area contributed by atoms with Gasteiger partial charge in [-0.15, -0.1) is 0 Å². The fourth-order valence-corrected chi connectivity index (χ4v) is 2.66. The molecule has 13 heavy (non-hydrogen) atoms. The van der Waals surface area contributed by atoms with Gasteiger partial charge in [0.2, 0.25) is 0 Å². The van der Waals surface area contributed by atoms with Crippen molar-refractivity contribution in [1.29, 1.82) is 0 Å². The molecule has 0 radical (unpaired) electrons. The minimum absolute atomic E-state index is 0.907. The Morgan fingerprint density at radius 1 is 1.15 bits per heavy atom. The number of rotatable bonds is 3. The molecular formula is C12H23N. The molecule has 0 amide bonds. The fourth-order valence-electron chi connectivity index (χ4n) is 2.66. The Morgan fingerprint density at radius 3 is 2.54 bits per heavy atom. The molecule has 0 heterocycles. The van der Waals surface area contributed by atoms with Gasteiger partial charge in [-0.3, -0.25) is 0 Å². The summed E-state index contributed by atoms with van der Waals surface area (Å²) >= 11 is 0. The second kappa shape index (κ2) is 4.00. The minimum atomic E-state index is 0.907. The topological polar surface area (TPSA) is 3.24 Å². The van der Waals surface area contributed by atoms with Crippen LogP contribution in [0.25, 0.3) is 0 Å². The summed E-state index contributed by atoms with van der Waals surface area (Å²) in [6.07, 6.45) is 8.81. The van der Waals surface area contributed by atoms with Gasteiger partial charge in [0.05, 0.1) is 0 Å². The largest absolute Gasteiger partial charge is 0.303 e. The fraction of sp³-hybridized carbons (Fsp3) is 1.00. The van der Waals surface area contributed by atoms with Crippen LogP contribution in [0, 0.1) is 11.8 Å².